The van der Waals surface area contributed by atoms with Crippen molar-refractivity contribution in [3.8, 4) is 0 Å². The zero-order valence-corrected chi connectivity index (χ0v) is 15.9. The zero-order valence-electron chi connectivity index (χ0n) is 15.9. The Hall–Kier alpha value is -2.12. The molecular weight excluding hydrogens is 346 g/mol. The van der Waals surface area contributed by atoms with Crippen molar-refractivity contribution in [2.75, 3.05) is 19.7 Å². The standard InChI is InChI=1S/C20H31N3O4/c1-2-11-22-20(26)23-17-9-8-16(27-18(17)14-24)13-19(25)21-12-10-15-6-4-3-5-7-15/h3-7,16-18,24H,2,8-14H2,1H3,(H,21,25)(H2,22,23,26)/t16-,17-,18-/m0/s1. The predicted molar refractivity (Wildman–Crippen MR) is 103 cm³/mol. The second-order valence-electron chi connectivity index (χ2n) is 6.85. The molecule has 7 heteroatoms. The largest absolute Gasteiger partial charge is 0.394 e. The van der Waals surface area contributed by atoms with Crippen LogP contribution in [-0.2, 0) is 16.0 Å². The SMILES string of the molecule is CCCNC(=O)N[C@H]1CC[C@@H](CC(=O)NCCc2ccccc2)O[C@H]1CO. The van der Waals surface area contributed by atoms with Crippen molar-refractivity contribution in [3.05, 3.63) is 35.9 Å². The molecule has 4 N–H and O–H groups in total. The van der Waals surface area contributed by atoms with E-state index >= 15 is 0 Å². The Labute approximate surface area is 160 Å². The maximum atomic E-state index is 12.1. The summed E-state index contributed by atoms with van der Waals surface area (Å²) in [5, 5.41) is 18.1. The minimum atomic E-state index is -0.492. The van der Waals surface area contributed by atoms with Crippen LogP contribution in [0.4, 0.5) is 4.79 Å². The molecule has 1 fully saturated rings. The lowest BCUT2D eigenvalue weighted by Gasteiger charge is -2.35. The Bertz CT molecular complexity index is 582. The van der Waals surface area contributed by atoms with Gasteiger partial charge < -0.3 is 25.8 Å². The fraction of sp³-hybridized carbons (Fsp3) is 0.600. The lowest BCUT2D eigenvalue weighted by Crippen LogP contribution is -2.53. The van der Waals surface area contributed by atoms with Gasteiger partial charge in [0.2, 0.25) is 5.91 Å². The number of aliphatic hydroxyl groups is 1. The number of amides is 3. The molecule has 1 aromatic rings. The summed E-state index contributed by atoms with van der Waals surface area (Å²) in [5.74, 6) is -0.0558. The van der Waals surface area contributed by atoms with E-state index in [1.165, 1.54) is 5.56 Å². The van der Waals surface area contributed by atoms with E-state index in [0.29, 0.717) is 25.9 Å². The molecule has 0 unspecified atom stereocenters. The maximum absolute atomic E-state index is 12.1. The van der Waals surface area contributed by atoms with Crippen molar-refractivity contribution < 1.29 is 19.4 Å². The molecule has 150 valence electrons. The highest BCUT2D eigenvalue weighted by Crippen LogP contribution is 2.21. The fourth-order valence-corrected chi connectivity index (χ4v) is 3.17. The van der Waals surface area contributed by atoms with Crippen molar-refractivity contribution in [2.24, 2.45) is 0 Å². The highest BCUT2D eigenvalue weighted by Gasteiger charge is 2.32. The third-order valence-corrected chi connectivity index (χ3v) is 4.64. The molecule has 3 atom stereocenters. The second-order valence-corrected chi connectivity index (χ2v) is 6.85. The number of nitrogens with one attached hydrogen (secondary N) is 3. The van der Waals surface area contributed by atoms with Crippen LogP contribution in [0.5, 0.6) is 0 Å². The van der Waals surface area contributed by atoms with Gasteiger partial charge in [-0.25, -0.2) is 4.79 Å². The van der Waals surface area contributed by atoms with Gasteiger partial charge in [0.15, 0.2) is 0 Å². The number of benzene rings is 1. The number of ether oxygens (including phenoxy) is 1. The number of carbonyl (C=O) groups is 2. The summed E-state index contributed by atoms with van der Waals surface area (Å²) in [5.41, 5.74) is 1.18. The molecule has 1 aromatic carbocycles. The smallest absolute Gasteiger partial charge is 0.315 e. The third kappa shape index (κ3) is 7.56. The van der Waals surface area contributed by atoms with Crippen LogP contribution in [0, 0.1) is 0 Å². The first-order valence-corrected chi connectivity index (χ1v) is 9.73. The summed E-state index contributed by atoms with van der Waals surface area (Å²) in [6.07, 6.45) is 2.52. The number of carbonyl (C=O) groups excluding carboxylic acids is 2. The molecule has 1 aliphatic rings. The van der Waals surface area contributed by atoms with Crippen molar-refractivity contribution in [2.45, 2.75) is 57.3 Å². The zero-order chi connectivity index (χ0) is 19.5. The first-order chi connectivity index (χ1) is 13.1. The molecule has 1 aliphatic heterocycles. The Balaban J connectivity index is 1.70. The number of hydrogen-bond donors (Lipinski definition) is 4. The molecule has 2 rings (SSSR count). The highest BCUT2D eigenvalue weighted by atomic mass is 16.5. The van der Waals surface area contributed by atoms with Crippen LogP contribution in [0.2, 0.25) is 0 Å². The summed E-state index contributed by atoms with van der Waals surface area (Å²) < 4.78 is 5.84. The maximum Gasteiger partial charge on any atom is 0.315 e. The number of rotatable bonds is 9. The molecule has 1 saturated heterocycles. The molecule has 0 aromatic heterocycles. The average Bonchev–Trinajstić information content (AvgIpc) is 2.68. The van der Waals surface area contributed by atoms with E-state index in [-0.39, 0.29) is 37.1 Å². The topological polar surface area (TPSA) is 99.7 Å². The first-order valence-electron chi connectivity index (χ1n) is 9.73. The van der Waals surface area contributed by atoms with Crippen molar-refractivity contribution in [1.82, 2.24) is 16.0 Å². The van der Waals surface area contributed by atoms with Gasteiger partial charge in [0.25, 0.3) is 0 Å². The van der Waals surface area contributed by atoms with Crippen LogP contribution in [0.15, 0.2) is 30.3 Å². The van der Waals surface area contributed by atoms with Crippen LogP contribution in [0.25, 0.3) is 0 Å². The van der Waals surface area contributed by atoms with Crippen molar-refractivity contribution in [3.63, 3.8) is 0 Å². The van der Waals surface area contributed by atoms with E-state index in [2.05, 4.69) is 16.0 Å². The first kappa shape index (κ1) is 21.2. The van der Waals surface area contributed by atoms with Gasteiger partial charge in [-0.3, -0.25) is 4.79 Å². The average molecular weight is 377 g/mol. The lowest BCUT2D eigenvalue weighted by atomic mass is 9.97. The molecule has 0 bridgehead atoms. The van der Waals surface area contributed by atoms with Gasteiger partial charge >= 0.3 is 6.03 Å². The molecular formula is C20H31N3O4. The fourth-order valence-electron chi connectivity index (χ4n) is 3.17. The van der Waals surface area contributed by atoms with Gasteiger partial charge in [-0.15, -0.1) is 0 Å². The molecule has 1 heterocycles. The van der Waals surface area contributed by atoms with E-state index in [1.54, 1.807) is 0 Å². The quantitative estimate of drug-likeness (QED) is 0.522. The molecule has 0 aliphatic carbocycles. The molecule has 0 spiro atoms. The van der Waals surface area contributed by atoms with Gasteiger partial charge in [-0.05, 0) is 31.2 Å². The Morgan fingerprint density at radius 1 is 1.15 bits per heavy atom. The number of aliphatic hydroxyl groups excluding tert-OH is 1. The minimum absolute atomic E-state index is 0.0558. The number of hydrogen-bond acceptors (Lipinski definition) is 4. The summed E-state index contributed by atoms with van der Waals surface area (Å²) in [6, 6.07) is 9.50. The minimum Gasteiger partial charge on any atom is -0.394 e. The van der Waals surface area contributed by atoms with Crippen LogP contribution < -0.4 is 16.0 Å². The normalized spacial score (nSPS) is 22.1. The lowest BCUT2D eigenvalue weighted by molar-refractivity contribution is -0.130. The second kappa shape index (κ2) is 11.6. The molecule has 3 amide bonds. The van der Waals surface area contributed by atoms with E-state index in [9.17, 15) is 14.7 Å². The summed E-state index contributed by atoms with van der Waals surface area (Å²) in [7, 11) is 0. The van der Waals surface area contributed by atoms with Crippen LogP contribution in [-0.4, -0.2) is 55.0 Å². The summed E-state index contributed by atoms with van der Waals surface area (Å²) >= 11 is 0. The van der Waals surface area contributed by atoms with Gasteiger partial charge in [0.05, 0.1) is 25.2 Å². The van der Waals surface area contributed by atoms with Gasteiger partial charge in [-0.1, -0.05) is 37.3 Å². The van der Waals surface area contributed by atoms with E-state index < -0.39 is 6.10 Å². The van der Waals surface area contributed by atoms with Crippen LogP contribution in [0.3, 0.4) is 0 Å². The Kier molecular flexibility index (Phi) is 9.07. The molecule has 27 heavy (non-hydrogen) atoms. The summed E-state index contributed by atoms with van der Waals surface area (Å²) in [4.78, 5) is 23.9. The van der Waals surface area contributed by atoms with Crippen molar-refractivity contribution in [1.29, 1.82) is 0 Å². The summed E-state index contributed by atoms with van der Waals surface area (Å²) in [6.45, 7) is 2.98. The molecule has 0 radical (unpaired) electrons. The van der Waals surface area contributed by atoms with Gasteiger partial charge in [-0.2, -0.15) is 0 Å². The van der Waals surface area contributed by atoms with Gasteiger partial charge in [0.1, 0.15) is 6.10 Å². The molecule has 0 saturated carbocycles. The molecule has 7 nitrogen and oxygen atoms in total. The van der Waals surface area contributed by atoms with E-state index in [1.807, 2.05) is 37.3 Å². The number of urea groups is 1. The van der Waals surface area contributed by atoms with E-state index in [4.69, 9.17) is 4.74 Å². The third-order valence-electron chi connectivity index (χ3n) is 4.64. The van der Waals surface area contributed by atoms with Crippen molar-refractivity contribution >= 4 is 11.9 Å². The predicted octanol–water partition coefficient (Wildman–Crippen LogP) is 1.35. The van der Waals surface area contributed by atoms with Crippen LogP contribution >= 0.6 is 0 Å². The van der Waals surface area contributed by atoms with E-state index in [0.717, 1.165) is 12.8 Å². The van der Waals surface area contributed by atoms with Crippen LogP contribution in [0.1, 0.15) is 38.2 Å². The Morgan fingerprint density at radius 3 is 2.63 bits per heavy atom. The highest BCUT2D eigenvalue weighted by molar-refractivity contribution is 5.76. The Morgan fingerprint density at radius 2 is 1.93 bits per heavy atom. The monoisotopic (exact) mass is 377 g/mol. The van der Waals surface area contributed by atoms with Gasteiger partial charge in [0, 0.05) is 13.1 Å².